The Morgan fingerprint density at radius 1 is 0.357 bits per heavy atom. The summed E-state index contributed by atoms with van der Waals surface area (Å²) >= 11 is 8.31. The minimum atomic E-state index is -4.77. The molecule has 0 radical (unpaired) electrons. The van der Waals surface area contributed by atoms with Crippen LogP contribution in [0, 0.1) is 11.8 Å². The van der Waals surface area contributed by atoms with Gasteiger partial charge in [-0.15, -0.1) is 0 Å². The van der Waals surface area contributed by atoms with Gasteiger partial charge in [0.2, 0.25) is 0 Å². The minimum absolute atomic E-state index is 0.0566. The van der Waals surface area contributed by atoms with Gasteiger partial charge in [-0.25, -0.2) is 0 Å². The molecule has 0 fully saturated rings. The van der Waals surface area contributed by atoms with Gasteiger partial charge in [-0.1, -0.05) is 283 Å². The van der Waals surface area contributed by atoms with E-state index in [1.54, 1.807) is 0 Å². The maximum Gasteiger partial charge on any atom is 0.317 e. The van der Waals surface area contributed by atoms with Crippen molar-refractivity contribution in [3.05, 3.63) is 24.3 Å². The van der Waals surface area contributed by atoms with Crippen LogP contribution in [0.1, 0.15) is 349 Å². The molecule has 660 valence electrons. The van der Waals surface area contributed by atoms with E-state index in [4.69, 9.17) is 48.5 Å². The Morgan fingerprint density at radius 2 is 0.598 bits per heavy atom. The number of phosphoric ester groups is 2. The topological polar surface area (TPSA) is 309 Å². The highest BCUT2D eigenvalue weighted by atomic mass is 32.1. The molecule has 0 aliphatic carbocycles. The van der Waals surface area contributed by atoms with Crippen LogP contribution in [0.3, 0.4) is 0 Å². The van der Waals surface area contributed by atoms with Gasteiger partial charge < -0.3 is 67.3 Å². The number of Topliss-reactive ketones (excluding diaryl/α,β-unsaturated/α-hetero) is 2. The van der Waals surface area contributed by atoms with Crippen LogP contribution in [0.4, 0.5) is 0 Å². The lowest BCUT2D eigenvalue weighted by Gasteiger charge is -2.28. The lowest BCUT2D eigenvalue weighted by atomic mass is 9.93. The molecule has 8 unspecified atom stereocenters. The Balaban J connectivity index is 0. The van der Waals surface area contributed by atoms with Crippen LogP contribution in [0.2, 0.25) is 0 Å². The monoisotopic (exact) mass is 1670 g/mol. The van der Waals surface area contributed by atoms with Crippen LogP contribution in [-0.4, -0.2) is 175 Å². The molecular weight excluding hydrogens is 1500 g/mol. The number of nitrogens with two attached hydrogens (primary N) is 2. The Hall–Kier alpha value is -2.54. The predicted molar refractivity (Wildman–Crippen MR) is 459 cm³/mol. The average Bonchev–Trinajstić information content (AvgIpc) is 0.869. The molecule has 0 amide bonds. The third-order valence-electron chi connectivity index (χ3n) is 19.6. The number of hydrogen-bond acceptors (Lipinski definition) is 22. The van der Waals surface area contributed by atoms with E-state index in [0.717, 1.165) is 116 Å². The Bertz CT molecular complexity index is 2470. The molecular formula is C86H166N4O18P2S2. The molecule has 0 saturated carbocycles. The summed E-state index contributed by atoms with van der Waals surface area (Å²) in [5.41, 5.74) is 12.0. The molecule has 0 aromatic carbocycles. The number of thiol groups is 2. The molecule has 0 heterocycles. The number of likely N-dealkylation sites (N-methyl/N-ethyl adjacent to an activating group) is 2. The van der Waals surface area contributed by atoms with Gasteiger partial charge in [0.15, 0.2) is 23.8 Å². The molecule has 26 heteroatoms. The summed E-state index contributed by atoms with van der Waals surface area (Å²) < 4.78 is 68.3. The van der Waals surface area contributed by atoms with Crippen LogP contribution >= 0.6 is 40.9 Å². The lowest BCUT2D eigenvalue weighted by molar-refractivity contribution is -0.870. The van der Waals surface area contributed by atoms with Crippen LogP contribution < -0.4 is 21.3 Å². The summed E-state index contributed by atoms with van der Waals surface area (Å²) in [5.74, 6) is -5.85. The highest BCUT2D eigenvalue weighted by molar-refractivity contribution is 7.80. The van der Waals surface area contributed by atoms with E-state index < -0.39 is 114 Å². The van der Waals surface area contributed by atoms with Crippen molar-refractivity contribution < 1.29 is 93.7 Å². The molecule has 0 rings (SSSR count). The first-order valence-corrected chi connectivity index (χ1v) is 48.3. The summed E-state index contributed by atoms with van der Waals surface area (Å²) in [6.45, 7) is 7.40. The van der Waals surface area contributed by atoms with E-state index >= 15 is 0 Å². The number of quaternary nitrogens is 2. The highest BCUT2D eigenvalue weighted by Crippen LogP contribution is 2.40. The molecule has 4 N–H and O–H groups in total. The van der Waals surface area contributed by atoms with Gasteiger partial charge in [0.25, 0.3) is 15.6 Å². The molecule has 0 aliphatic heterocycles. The van der Waals surface area contributed by atoms with E-state index in [0.29, 0.717) is 47.7 Å². The number of unbranched alkanes of at least 4 members (excludes halogenated alkanes) is 40. The third kappa shape index (κ3) is 72.7. The molecule has 0 aromatic rings. The normalized spacial score (nSPS) is 14.7. The number of nitrogens with zero attached hydrogens (tertiary/aromatic N) is 2. The van der Waals surface area contributed by atoms with Crippen molar-refractivity contribution in [2.24, 2.45) is 23.3 Å². The largest absolute Gasteiger partial charge is 0.756 e. The summed E-state index contributed by atoms with van der Waals surface area (Å²) in [6.07, 6.45) is 59.2. The van der Waals surface area contributed by atoms with Crippen LogP contribution in [0.5, 0.6) is 0 Å². The Kier molecular flexibility index (Phi) is 74.4. The fourth-order valence-corrected chi connectivity index (χ4v) is 14.1. The van der Waals surface area contributed by atoms with Crippen molar-refractivity contribution in [3.8, 4) is 0 Å². The van der Waals surface area contributed by atoms with Crippen LogP contribution in [0.15, 0.2) is 24.3 Å². The van der Waals surface area contributed by atoms with Crippen molar-refractivity contribution in [2.75, 3.05) is 107 Å². The van der Waals surface area contributed by atoms with Gasteiger partial charge >= 0.3 is 23.9 Å². The molecule has 8 atom stereocenters. The van der Waals surface area contributed by atoms with Gasteiger partial charge in [-0.2, -0.15) is 25.3 Å². The van der Waals surface area contributed by atoms with E-state index in [1.165, 1.54) is 154 Å². The van der Waals surface area contributed by atoms with Crippen molar-refractivity contribution in [3.63, 3.8) is 0 Å². The van der Waals surface area contributed by atoms with Crippen LogP contribution in [-0.2, 0) is 74.9 Å². The van der Waals surface area contributed by atoms with E-state index in [9.17, 15) is 47.7 Å². The van der Waals surface area contributed by atoms with Gasteiger partial charge in [0.05, 0.1) is 67.6 Å². The minimum Gasteiger partial charge on any atom is -0.756 e. The van der Waals surface area contributed by atoms with Crippen molar-refractivity contribution >= 4 is 76.3 Å². The van der Waals surface area contributed by atoms with Gasteiger partial charge in [0, 0.05) is 24.3 Å². The van der Waals surface area contributed by atoms with Crippen molar-refractivity contribution in [2.45, 2.75) is 373 Å². The van der Waals surface area contributed by atoms with Gasteiger partial charge in [0.1, 0.15) is 51.4 Å². The first-order chi connectivity index (χ1) is 53.5. The maximum atomic E-state index is 13.5. The van der Waals surface area contributed by atoms with E-state index in [-0.39, 0.29) is 50.4 Å². The number of rotatable bonds is 80. The van der Waals surface area contributed by atoms with Crippen molar-refractivity contribution in [1.82, 2.24) is 0 Å². The average molecular weight is 1670 g/mol. The molecule has 22 nitrogen and oxygen atoms in total. The number of ether oxygens (including phenoxy) is 4. The first-order valence-electron chi connectivity index (χ1n) is 44.2. The molecule has 0 aliphatic rings. The third-order valence-corrected chi connectivity index (χ3v) is 22.4. The fourth-order valence-electron chi connectivity index (χ4n) is 12.3. The molecule has 0 saturated heterocycles. The number of phosphoric acid groups is 2. The number of ketones is 2. The zero-order valence-corrected chi connectivity index (χ0v) is 76.0. The predicted octanol–water partition coefficient (Wildman–Crippen LogP) is 18.9. The fraction of sp³-hybridized carbons (Fsp3) is 0.884. The van der Waals surface area contributed by atoms with E-state index in [1.807, 2.05) is 42.3 Å². The number of allylic oxidation sites excluding steroid dienone is 4. The molecule has 112 heavy (non-hydrogen) atoms. The second-order valence-corrected chi connectivity index (χ2v) is 36.3. The summed E-state index contributed by atoms with van der Waals surface area (Å²) in [7, 11) is 1.85. The van der Waals surface area contributed by atoms with E-state index in [2.05, 4.69) is 77.3 Å². The number of hydrogen-bond donors (Lipinski definition) is 4. The Labute approximate surface area is 693 Å². The second kappa shape index (κ2) is 74.7. The zero-order chi connectivity index (χ0) is 83.8. The Morgan fingerprint density at radius 3 is 0.848 bits per heavy atom. The summed E-state index contributed by atoms with van der Waals surface area (Å²) in [6, 6.07) is -1.93. The quantitative estimate of drug-likeness (QED) is 0.00642. The maximum absolute atomic E-state index is 13.5. The SMILES string of the molecule is CCCCCCCC/C=C\CCCCCCC(C(=O)OC(COC(=O)CCCCCCCCCCCCCCC)COP(=O)([O-])OCC[N+](C)(C)C)C(=O)C(N)CS.CCCCCCCC/C=C\CCCCCCCC(=O)OCC(COP(=O)([O-])OCC[N+](C)(C)C)OC(=O)C(CCCCCCCCCC)C(=O)C(N)CS. The van der Waals surface area contributed by atoms with Crippen LogP contribution in [0.25, 0.3) is 0 Å². The number of carbonyl (C=O) groups excluding carboxylic acids is 6. The molecule has 0 bridgehead atoms. The lowest BCUT2D eigenvalue weighted by Crippen LogP contribution is -2.42. The molecule has 0 aromatic heterocycles. The van der Waals surface area contributed by atoms with Gasteiger partial charge in [-0.05, 0) is 77.0 Å². The standard InChI is InChI=1S/C45H87N2O9PS.C41H79N2O9PS/c1-6-8-10-12-14-16-18-20-22-23-25-27-29-31-33-41(44(49)42(46)39-58)45(50)56-40(38-55-57(51,52)54-36-35-47(3,4)5)37-53-43(48)34-32-30-28-26-24-21-19-17-15-13-11-9-7-2;1-6-8-10-12-14-16-17-18-19-20-21-22-24-26-28-30-39(44)49-33-36(34-51-53(47,48)50-32-31-43(3,4)5)52-41(46)37(40(45)38(42)35-54)29-27-25-23-15-13-11-9-7-2/h20,22,40-42H,6-19,21,23-39,46H2,1-5H3,(H-,51,52,58);18-19,36-38H,6-17,20-35,42H2,1-5H3,(H-,47,48,54)/b22-20-;19-18-. The highest BCUT2D eigenvalue weighted by Gasteiger charge is 2.35. The van der Waals surface area contributed by atoms with Gasteiger partial charge in [-0.3, -0.25) is 37.9 Å². The molecule has 0 spiro atoms. The number of esters is 4. The summed E-state index contributed by atoms with van der Waals surface area (Å²) in [5, 5.41) is 0. The summed E-state index contributed by atoms with van der Waals surface area (Å²) in [4.78, 5) is 104. The smallest absolute Gasteiger partial charge is 0.317 e. The van der Waals surface area contributed by atoms with Crippen molar-refractivity contribution in [1.29, 1.82) is 0 Å². The zero-order valence-electron chi connectivity index (χ0n) is 72.4. The number of carbonyl (C=O) groups is 6. The second-order valence-electron chi connectivity index (χ2n) is 32.8. The first kappa shape index (κ1) is 112.